The summed E-state index contributed by atoms with van der Waals surface area (Å²) >= 11 is 5.90. The fourth-order valence-corrected chi connectivity index (χ4v) is 4.17. The minimum absolute atomic E-state index is 0.0153. The lowest BCUT2D eigenvalue weighted by Crippen LogP contribution is -2.39. The molecule has 1 unspecified atom stereocenters. The van der Waals surface area contributed by atoms with Gasteiger partial charge in [-0.25, -0.2) is 4.39 Å². The number of rotatable bonds is 4. The number of ether oxygens (including phenoxy) is 1. The molecule has 0 aliphatic carbocycles. The highest BCUT2D eigenvalue weighted by molar-refractivity contribution is 6.30. The molecule has 0 N–H and O–H groups in total. The van der Waals surface area contributed by atoms with Crippen LogP contribution in [0.2, 0.25) is 5.02 Å². The molecular formula is C22H23ClFN3O3. The van der Waals surface area contributed by atoms with E-state index in [1.54, 1.807) is 29.2 Å². The van der Waals surface area contributed by atoms with Gasteiger partial charge in [-0.05, 0) is 48.9 Å². The predicted octanol–water partition coefficient (Wildman–Crippen LogP) is 3.12. The Bertz CT molecular complexity index is 953. The molecule has 2 heterocycles. The van der Waals surface area contributed by atoms with Gasteiger partial charge in [0, 0.05) is 48.4 Å². The number of nitrogens with zero attached hydrogens (tertiary/aromatic N) is 3. The molecule has 158 valence electrons. The number of benzene rings is 2. The van der Waals surface area contributed by atoms with Crippen molar-refractivity contribution >= 4 is 23.4 Å². The number of carbonyl (C=O) groups is 2. The van der Waals surface area contributed by atoms with Gasteiger partial charge in [0.1, 0.15) is 0 Å². The quantitative estimate of drug-likeness (QED) is 0.746. The lowest BCUT2D eigenvalue weighted by molar-refractivity contribution is 0.0729. The second-order valence-electron chi connectivity index (χ2n) is 7.57. The number of methoxy groups -OCH3 is 1. The molecule has 1 atom stereocenters. The topological polar surface area (TPSA) is 53.1 Å². The van der Waals surface area contributed by atoms with Gasteiger partial charge in [-0.15, -0.1) is 0 Å². The van der Waals surface area contributed by atoms with Crippen LogP contribution in [0.15, 0.2) is 42.5 Å². The molecule has 4 rings (SSSR count). The molecule has 2 saturated heterocycles. The summed E-state index contributed by atoms with van der Waals surface area (Å²) in [6, 6.07) is 11.3. The number of hydrogen-bond donors (Lipinski definition) is 0. The Labute approximate surface area is 179 Å². The van der Waals surface area contributed by atoms with Gasteiger partial charge in [0.2, 0.25) is 0 Å². The van der Waals surface area contributed by atoms with Crippen molar-refractivity contribution in [2.45, 2.75) is 12.5 Å². The van der Waals surface area contributed by atoms with Gasteiger partial charge in [-0.1, -0.05) is 11.6 Å². The molecule has 2 fully saturated rings. The average Bonchev–Trinajstić information content (AvgIpc) is 3.43. The molecule has 2 amide bonds. The molecule has 2 aromatic carbocycles. The summed E-state index contributed by atoms with van der Waals surface area (Å²) in [6.07, 6.45) is 0.840. The van der Waals surface area contributed by atoms with Crippen molar-refractivity contribution in [3.05, 3.63) is 64.4 Å². The number of halogens is 2. The monoisotopic (exact) mass is 431 g/mol. The molecule has 0 bridgehead atoms. The molecule has 2 aliphatic heterocycles. The van der Waals surface area contributed by atoms with Gasteiger partial charge in [-0.3, -0.25) is 14.5 Å². The molecular weight excluding hydrogens is 409 g/mol. The average molecular weight is 432 g/mol. The predicted molar refractivity (Wildman–Crippen MR) is 111 cm³/mol. The summed E-state index contributed by atoms with van der Waals surface area (Å²) < 4.78 is 18.6. The molecule has 6 nitrogen and oxygen atoms in total. The van der Waals surface area contributed by atoms with Crippen LogP contribution in [0.3, 0.4) is 0 Å². The van der Waals surface area contributed by atoms with Gasteiger partial charge in [0.05, 0.1) is 13.8 Å². The van der Waals surface area contributed by atoms with E-state index in [0.29, 0.717) is 42.5 Å². The zero-order valence-corrected chi connectivity index (χ0v) is 17.4. The normalized spacial score (nSPS) is 19.4. The van der Waals surface area contributed by atoms with Crippen molar-refractivity contribution < 1.29 is 18.7 Å². The van der Waals surface area contributed by atoms with E-state index in [1.165, 1.54) is 25.3 Å². The minimum atomic E-state index is -0.490. The molecule has 0 spiro atoms. The second kappa shape index (κ2) is 8.62. The molecule has 8 heteroatoms. The van der Waals surface area contributed by atoms with E-state index in [0.717, 1.165) is 13.0 Å². The summed E-state index contributed by atoms with van der Waals surface area (Å²) in [5, 5.41) is 0.601. The van der Waals surface area contributed by atoms with E-state index in [1.807, 2.05) is 4.90 Å². The summed E-state index contributed by atoms with van der Waals surface area (Å²) in [5.41, 5.74) is 1.03. The summed E-state index contributed by atoms with van der Waals surface area (Å²) in [7, 11) is 1.38. The fourth-order valence-electron chi connectivity index (χ4n) is 4.05. The molecule has 0 saturated carbocycles. The SMILES string of the molecule is COc1cc(C(=O)N2CCC(N3CCN(C(=O)c4ccc(Cl)cc4)C3)C2)ccc1F. The third kappa shape index (κ3) is 4.13. The maximum absolute atomic E-state index is 13.6. The van der Waals surface area contributed by atoms with Crippen molar-refractivity contribution in [3.8, 4) is 5.75 Å². The fraction of sp³-hybridized carbons (Fsp3) is 0.364. The third-order valence-electron chi connectivity index (χ3n) is 5.75. The van der Waals surface area contributed by atoms with Crippen LogP contribution in [0.1, 0.15) is 27.1 Å². The first-order valence-electron chi connectivity index (χ1n) is 9.88. The van der Waals surface area contributed by atoms with Crippen LogP contribution in [0.4, 0.5) is 4.39 Å². The van der Waals surface area contributed by atoms with Crippen LogP contribution < -0.4 is 4.74 Å². The van der Waals surface area contributed by atoms with Gasteiger partial charge in [0.25, 0.3) is 11.8 Å². The second-order valence-corrected chi connectivity index (χ2v) is 8.01. The van der Waals surface area contributed by atoms with Crippen LogP contribution in [-0.2, 0) is 0 Å². The summed E-state index contributed by atoms with van der Waals surface area (Å²) in [4.78, 5) is 31.4. The number of hydrogen-bond acceptors (Lipinski definition) is 4. The Hall–Kier alpha value is -2.64. The Balaban J connectivity index is 1.36. The van der Waals surface area contributed by atoms with E-state index < -0.39 is 5.82 Å². The molecule has 2 aromatic rings. The lowest BCUT2D eigenvalue weighted by Gasteiger charge is -2.24. The zero-order valence-electron chi connectivity index (χ0n) is 16.7. The maximum Gasteiger partial charge on any atom is 0.254 e. The van der Waals surface area contributed by atoms with Gasteiger partial charge in [0.15, 0.2) is 11.6 Å². The highest BCUT2D eigenvalue weighted by Gasteiger charge is 2.35. The van der Waals surface area contributed by atoms with Crippen molar-refractivity contribution in [2.24, 2.45) is 0 Å². The number of likely N-dealkylation sites (tertiary alicyclic amines) is 1. The Morgan fingerprint density at radius 3 is 2.43 bits per heavy atom. The Kier molecular flexibility index (Phi) is 5.92. The molecule has 30 heavy (non-hydrogen) atoms. The van der Waals surface area contributed by atoms with E-state index in [4.69, 9.17) is 16.3 Å². The van der Waals surface area contributed by atoms with Crippen LogP contribution in [-0.4, -0.2) is 72.5 Å². The van der Waals surface area contributed by atoms with E-state index >= 15 is 0 Å². The largest absolute Gasteiger partial charge is 0.494 e. The standard InChI is InChI=1S/C22H23ClFN3O3/c1-30-20-12-16(4-7-19(20)24)22(29)25-9-8-18(13-25)26-10-11-27(14-26)21(28)15-2-5-17(23)6-3-15/h2-7,12,18H,8-11,13-14H2,1H3. The molecule has 0 radical (unpaired) electrons. The van der Waals surface area contributed by atoms with Gasteiger partial charge >= 0.3 is 0 Å². The maximum atomic E-state index is 13.6. The highest BCUT2D eigenvalue weighted by Crippen LogP contribution is 2.24. The Morgan fingerprint density at radius 1 is 1.00 bits per heavy atom. The van der Waals surface area contributed by atoms with Crippen molar-refractivity contribution in [2.75, 3.05) is 40.0 Å². The third-order valence-corrected chi connectivity index (χ3v) is 6.00. The van der Waals surface area contributed by atoms with E-state index in [2.05, 4.69) is 4.90 Å². The molecule has 2 aliphatic rings. The first-order chi connectivity index (χ1) is 14.5. The first-order valence-corrected chi connectivity index (χ1v) is 10.3. The summed E-state index contributed by atoms with van der Waals surface area (Å²) in [5.74, 6) is -0.578. The first kappa shape index (κ1) is 20.6. The summed E-state index contributed by atoms with van der Waals surface area (Å²) in [6.45, 7) is 3.18. The van der Waals surface area contributed by atoms with Gasteiger partial charge < -0.3 is 14.5 Å². The highest BCUT2D eigenvalue weighted by atomic mass is 35.5. The number of amides is 2. The van der Waals surface area contributed by atoms with Crippen LogP contribution in [0.25, 0.3) is 0 Å². The Morgan fingerprint density at radius 2 is 1.70 bits per heavy atom. The van der Waals surface area contributed by atoms with Crippen molar-refractivity contribution in [1.29, 1.82) is 0 Å². The van der Waals surface area contributed by atoms with E-state index in [9.17, 15) is 14.0 Å². The van der Waals surface area contributed by atoms with E-state index in [-0.39, 0.29) is 23.6 Å². The molecule has 0 aromatic heterocycles. The minimum Gasteiger partial charge on any atom is -0.494 e. The van der Waals surface area contributed by atoms with Crippen molar-refractivity contribution in [1.82, 2.24) is 14.7 Å². The smallest absolute Gasteiger partial charge is 0.254 e. The van der Waals surface area contributed by atoms with Crippen LogP contribution >= 0.6 is 11.6 Å². The van der Waals surface area contributed by atoms with Crippen LogP contribution in [0.5, 0.6) is 5.75 Å². The van der Waals surface area contributed by atoms with Crippen molar-refractivity contribution in [3.63, 3.8) is 0 Å². The number of carbonyl (C=O) groups excluding carboxylic acids is 2. The lowest BCUT2D eigenvalue weighted by atomic mass is 10.2. The van der Waals surface area contributed by atoms with Gasteiger partial charge in [-0.2, -0.15) is 0 Å². The van der Waals surface area contributed by atoms with Crippen LogP contribution in [0, 0.1) is 5.82 Å². The zero-order chi connectivity index (χ0) is 21.3.